The number of fused-ring (bicyclic) bond motifs is 2. The molecule has 4 heteroatoms. The van der Waals surface area contributed by atoms with Gasteiger partial charge in [-0.15, -0.1) is 0 Å². The van der Waals surface area contributed by atoms with Crippen LogP contribution in [-0.2, 0) is 0 Å². The van der Waals surface area contributed by atoms with Gasteiger partial charge in [0.05, 0.1) is 35.1 Å². The van der Waals surface area contributed by atoms with Crippen LogP contribution in [0.2, 0.25) is 0 Å². The predicted octanol–water partition coefficient (Wildman–Crippen LogP) is 9.81. The largest absolute Gasteiger partial charge is 0.355 e. The van der Waals surface area contributed by atoms with Crippen LogP contribution in [0.1, 0.15) is 0 Å². The molecule has 0 saturated heterocycles. The zero-order chi connectivity index (χ0) is 28.8. The number of hydrogen-bond acceptors (Lipinski definition) is 4. The molecule has 208 valence electrons. The summed E-state index contributed by atoms with van der Waals surface area (Å²) < 4.78 is 0. The molecule has 2 aliphatic rings. The average molecular weight is 557 g/mol. The third-order valence-electron chi connectivity index (χ3n) is 8.61. The van der Waals surface area contributed by atoms with Crippen molar-refractivity contribution in [3.63, 3.8) is 0 Å². The van der Waals surface area contributed by atoms with E-state index >= 15 is 0 Å². The lowest BCUT2D eigenvalue weighted by molar-refractivity contribution is 0.947. The highest BCUT2D eigenvalue weighted by atomic mass is 15.4. The van der Waals surface area contributed by atoms with Gasteiger partial charge in [0.25, 0.3) is 0 Å². The first-order valence-electron chi connectivity index (χ1n) is 14.8. The molecule has 0 spiro atoms. The Balaban J connectivity index is 1.25. The number of hydrogen-bond donors (Lipinski definition) is 0. The standard InChI is InChI=1S/C39H32N4/c1-40-27-41(36-23-9-8-22-35(36)40)31-18-12-19-32(26-31)42-28-43(38-25-11-10-24-37(38)42)39-33(29-14-4-2-5-15-29)20-13-21-34(39)30-16-6-3-7-17-30/h2-26H,27-28H2,1H3. The molecular weight excluding hydrogens is 524 g/mol. The van der Waals surface area contributed by atoms with E-state index in [4.69, 9.17) is 0 Å². The van der Waals surface area contributed by atoms with E-state index in [0.29, 0.717) is 6.67 Å². The van der Waals surface area contributed by atoms with Crippen molar-refractivity contribution in [1.29, 1.82) is 0 Å². The van der Waals surface area contributed by atoms with Crippen molar-refractivity contribution in [3.05, 3.63) is 152 Å². The third-order valence-corrected chi connectivity index (χ3v) is 8.61. The minimum atomic E-state index is 0.711. The van der Waals surface area contributed by atoms with E-state index in [2.05, 4.69) is 178 Å². The van der Waals surface area contributed by atoms with Gasteiger partial charge in [0.15, 0.2) is 0 Å². The quantitative estimate of drug-likeness (QED) is 0.209. The zero-order valence-corrected chi connectivity index (χ0v) is 24.1. The van der Waals surface area contributed by atoms with E-state index in [0.717, 1.165) is 6.67 Å². The maximum Gasteiger partial charge on any atom is 0.100 e. The van der Waals surface area contributed by atoms with Gasteiger partial charge in [0, 0.05) is 29.5 Å². The van der Waals surface area contributed by atoms with Gasteiger partial charge in [-0.05, 0) is 53.6 Å². The molecule has 2 heterocycles. The molecule has 0 radical (unpaired) electrons. The third kappa shape index (κ3) is 4.31. The summed E-state index contributed by atoms with van der Waals surface area (Å²) in [7, 11) is 2.16. The first kappa shape index (κ1) is 25.2. The highest BCUT2D eigenvalue weighted by Gasteiger charge is 2.32. The fourth-order valence-electron chi connectivity index (χ4n) is 6.59. The lowest BCUT2D eigenvalue weighted by atomic mass is 9.95. The van der Waals surface area contributed by atoms with Gasteiger partial charge >= 0.3 is 0 Å². The van der Waals surface area contributed by atoms with Gasteiger partial charge in [-0.1, -0.05) is 109 Å². The summed E-state index contributed by atoms with van der Waals surface area (Å²) in [5, 5.41) is 0. The topological polar surface area (TPSA) is 13.0 Å². The predicted molar refractivity (Wildman–Crippen MR) is 181 cm³/mol. The molecule has 0 bridgehead atoms. The molecule has 0 atom stereocenters. The van der Waals surface area contributed by atoms with E-state index in [9.17, 15) is 0 Å². The molecule has 4 nitrogen and oxygen atoms in total. The Morgan fingerprint density at radius 3 is 1.42 bits per heavy atom. The monoisotopic (exact) mass is 556 g/mol. The maximum absolute atomic E-state index is 2.49. The van der Waals surface area contributed by atoms with Crippen molar-refractivity contribution >= 4 is 39.8 Å². The van der Waals surface area contributed by atoms with Crippen LogP contribution in [0.25, 0.3) is 22.3 Å². The van der Waals surface area contributed by atoms with Crippen LogP contribution in [-0.4, -0.2) is 20.4 Å². The highest BCUT2D eigenvalue weighted by molar-refractivity contribution is 5.98. The second kappa shape index (κ2) is 10.4. The molecule has 8 rings (SSSR count). The summed E-state index contributed by atoms with van der Waals surface area (Å²) in [6, 6.07) is 54.6. The first-order chi connectivity index (χ1) is 21.3. The summed E-state index contributed by atoms with van der Waals surface area (Å²) in [6.45, 7) is 1.54. The van der Waals surface area contributed by atoms with Crippen LogP contribution in [0.5, 0.6) is 0 Å². The number of para-hydroxylation sites is 5. The van der Waals surface area contributed by atoms with Crippen molar-refractivity contribution < 1.29 is 0 Å². The Bertz CT molecular complexity index is 1860. The summed E-state index contributed by atoms with van der Waals surface area (Å²) in [5.74, 6) is 0. The maximum atomic E-state index is 2.49. The molecule has 0 fully saturated rings. The number of benzene rings is 6. The SMILES string of the molecule is CN1CN(c2cccc(N3CN(c4c(-c5ccccc5)cccc4-c4ccccc4)c4ccccc43)c2)c2ccccc21. The Morgan fingerprint density at radius 1 is 0.395 bits per heavy atom. The van der Waals surface area contributed by atoms with Crippen molar-refractivity contribution in [3.8, 4) is 22.3 Å². The van der Waals surface area contributed by atoms with E-state index in [1.807, 2.05) is 0 Å². The average Bonchev–Trinajstić information content (AvgIpc) is 3.63. The lowest BCUT2D eigenvalue weighted by Crippen LogP contribution is -2.26. The number of nitrogens with zero attached hydrogens (tertiary/aromatic N) is 4. The fraction of sp³-hybridized carbons (Fsp3) is 0.0769. The van der Waals surface area contributed by atoms with Crippen LogP contribution in [0.4, 0.5) is 39.8 Å². The Morgan fingerprint density at radius 2 is 0.837 bits per heavy atom. The van der Waals surface area contributed by atoms with Crippen molar-refractivity contribution in [2.75, 3.05) is 40.0 Å². The molecule has 0 unspecified atom stereocenters. The molecule has 0 aromatic heterocycles. The molecule has 6 aromatic carbocycles. The summed E-state index contributed by atoms with van der Waals surface area (Å²) in [6.07, 6.45) is 0. The summed E-state index contributed by atoms with van der Waals surface area (Å²) in [4.78, 5) is 9.64. The normalized spacial score (nSPS) is 13.8. The van der Waals surface area contributed by atoms with Crippen LogP contribution >= 0.6 is 0 Å². The van der Waals surface area contributed by atoms with Crippen molar-refractivity contribution in [2.45, 2.75) is 0 Å². The van der Waals surface area contributed by atoms with Gasteiger partial charge in [-0.3, -0.25) is 0 Å². The van der Waals surface area contributed by atoms with Crippen LogP contribution in [0.15, 0.2) is 152 Å². The second-order valence-corrected chi connectivity index (χ2v) is 11.2. The Labute approximate surface area is 253 Å². The fourth-order valence-corrected chi connectivity index (χ4v) is 6.59. The lowest BCUT2D eigenvalue weighted by Gasteiger charge is -2.28. The molecule has 6 aromatic rings. The van der Waals surface area contributed by atoms with Gasteiger partial charge in [0.2, 0.25) is 0 Å². The van der Waals surface area contributed by atoms with Gasteiger partial charge in [-0.2, -0.15) is 0 Å². The molecule has 0 N–H and O–H groups in total. The first-order valence-corrected chi connectivity index (χ1v) is 14.8. The number of anilines is 7. The van der Waals surface area contributed by atoms with Crippen molar-refractivity contribution in [1.82, 2.24) is 0 Å². The second-order valence-electron chi connectivity index (χ2n) is 11.2. The van der Waals surface area contributed by atoms with E-state index < -0.39 is 0 Å². The smallest absolute Gasteiger partial charge is 0.100 e. The zero-order valence-electron chi connectivity index (χ0n) is 24.1. The van der Waals surface area contributed by atoms with Crippen LogP contribution in [0, 0.1) is 0 Å². The highest BCUT2D eigenvalue weighted by Crippen LogP contribution is 2.50. The molecule has 43 heavy (non-hydrogen) atoms. The molecule has 0 amide bonds. The summed E-state index contributed by atoms with van der Waals surface area (Å²) >= 11 is 0. The minimum absolute atomic E-state index is 0.711. The Kier molecular flexibility index (Phi) is 6.11. The van der Waals surface area contributed by atoms with Crippen molar-refractivity contribution in [2.24, 2.45) is 0 Å². The molecule has 2 aliphatic heterocycles. The minimum Gasteiger partial charge on any atom is -0.355 e. The van der Waals surface area contributed by atoms with E-state index in [-0.39, 0.29) is 0 Å². The van der Waals surface area contributed by atoms with E-state index in [1.165, 1.54) is 62.1 Å². The van der Waals surface area contributed by atoms with Gasteiger partial charge in [-0.25, -0.2) is 0 Å². The van der Waals surface area contributed by atoms with Crippen LogP contribution in [0.3, 0.4) is 0 Å². The molecule has 0 aliphatic carbocycles. The summed E-state index contributed by atoms with van der Waals surface area (Å²) in [5.41, 5.74) is 13.4. The van der Waals surface area contributed by atoms with Crippen LogP contribution < -0.4 is 19.6 Å². The number of rotatable bonds is 5. The molecular formula is C39H32N4. The van der Waals surface area contributed by atoms with Gasteiger partial charge in [0.1, 0.15) is 6.67 Å². The Hall–Kier alpha value is -5.48. The van der Waals surface area contributed by atoms with E-state index in [1.54, 1.807) is 0 Å². The van der Waals surface area contributed by atoms with Gasteiger partial charge < -0.3 is 19.6 Å². The molecule has 0 saturated carbocycles.